The van der Waals surface area contributed by atoms with Crippen LogP contribution in [-0.4, -0.2) is 10.2 Å². The van der Waals surface area contributed by atoms with Crippen LogP contribution in [-0.2, 0) is 6.42 Å². The van der Waals surface area contributed by atoms with Gasteiger partial charge in [-0.3, -0.25) is 5.10 Å². The monoisotopic (exact) mass is 350 g/mol. The molecule has 1 atom stereocenters. The number of nitrogens with two attached hydrogens (primary N) is 1. The van der Waals surface area contributed by atoms with Crippen LogP contribution in [0.3, 0.4) is 0 Å². The molecule has 5 nitrogen and oxygen atoms in total. The van der Waals surface area contributed by atoms with Crippen molar-refractivity contribution in [2.24, 2.45) is 5.73 Å². The van der Waals surface area contributed by atoms with Crippen molar-refractivity contribution in [3.05, 3.63) is 43.5 Å². The average Bonchev–Trinajstić information content (AvgIpc) is 3.03. The molecular weight excluding hydrogens is 340 g/mol. The molecule has 0 radical (unpaired) electrons. The Morgan fingerprint density at radius 2 is 2.45 bits per heavy atom. The topological polar surface area (TPSA) is 87.7 Å². The molecule has 1 aliphatic heterocycles. The fourth-order valence-electron chi connectivity index (χ4n) is 2.34. The molecule has 0 amide bonds. The number of allylic oxidation sites excluding steroid dienone is 1. The number of hydrogen-bond acceptors (Lipinski definition) is 5. The number of thiophene rings is 1. The van der Waals surface area contributed by atoms with Crippen LogP contribution in [0.15, 0.2) is 27.4 Å². The van der Waals surface area contributed by atoms with Crippen LogP contribution in [0.2, 0.25) is 0 Å². The second kappa shape index (κ2) is 4.96. The third-order valence-corrected chi connectivity index (χ3v) is 5.00. The Hall–Kier alpha value is -1.78. The van der Waals surface area contributed by atoms with Gasteiger partial charge in [0.15, 0.2) is 0 Å². The number of ether oxygens (including phenoxy) is 1. The Balaban J connectivity index is 2.23. The van der Waals surface area contributed by atoms with Crippen molar-refractivity contribution in [2.45, 2.75) is 19.3 Å². The van der Waals surface area contributed by atoms with Gasteiger partial charge in [0.05, 0.1) is 11.5 Å². The number of fused-ring (bicyclic) bond motifs is 1. The van der Waals surface area contributed by atoms with Gasteiger partial charge in [0, 0.05) is 20.4 Å². The molecule has 3 N–H and O–H groups in total. The van der Waals surface area contributed by atoms with Crippen molar-refractivity contribution in [3.63, 3.8) is 0 Å². The fraction of sp³-hybridized carbons (Fsp3) is 0.231. The van der Waals surface area contributed by atoms with Crippen molar-refractivity contribution in [1.82, 2.24) is 10.2 Å². The molecule has 0 aromatic carbocycles. The first-order valence-electron chi connectivity index (χ1n) is 6.04. The van der Waals surface area contributed by atoms with E-state index in [4.69, 9.17) is 10.5 Å². The molecular formula is C13H11BrN4OS. The van der Waals surface area contributed by atoms with Gasteiger partial charge >= 0.3 is 0 Å². The van der Waals surface area contributed by atoms with Gasteiger partial charge in [-0.25, -0.2) is 0 Å². The van der Waals surface area contributed by atoms with Crippen LogP contribution >= 0.6 is 27.3 Å². The Labute approximate surface area is 128 Å². The van der Waals surface area contributed by atoms with Gasteiger partial charge in [0.1, 0.15) is 11.6 Å². The largest absolute Gasteiger partial charge is 0.420 e. The Morgan fingerprint density at radius 3 is 3.05 bits per heavy atom. The molecule has 1 aliphatic rings. The van der Waals surface area contributed by atoms with Gasteiger partial charge in [-0.05, 0) is 28.4 Å². The summed E-state index contributed by atoms with van der Waals surface area (Å²) >= 11 is 5.03. The number of aromatic amines is 1. The van der Waals surface area contributed by atoms with Gasteiger partial charge in [0.25, 0.3) is 0 Å². The molecule has 7 heteroatoms. The fourth-order valence-corrected chi connectivity index (χ4v) is 3.90. The maximum absolute atomic E-state index is 9.42. The zero-order valence-electron chi connectivity index (χ0n) is 10.6. The highest BCUT2D eigenvalue weighted by atomic mass is 79.9. The van der Waals surface area contributed by atoms with Crippen molar-refractivity contribution in [1.29, 1.82) is 5.26 Å². The van der Waals surface area contributed by atoms with Crippen LogP contribution in [0.5, 0.6) is 5.88 Å². The summed E-state index contributed by atoms with van der Waals surface area (Å²) in [5.74, 6) is 0.380. The lowest BCUT2D eigenvalue weighted by molar-refractivity contribution is 0.379. The van der Waals surface area contributed by atoms with E-state index in [-0.39, 0.29) is 11.8 Å². The molecule has 102 valence electrons. The molecule has 2 aromatic heterocycles. The maximum Gasteiger partial charge on any atom is 0.244 e. The number of H-pyrrole nitrogens is 1. The van der Waals surface area contributed by atoms with E-state index in [9.17, 15) is 5.26 Å². The minimum absolute atomic E-state index is 0.128. The molecule has 20 heavy (non-hydrogen) atoms. The summed E-state index contributed by atoms with van der Waals surface area (Å²) in [5.41, 5.74) is 8.17. The number of rotatable bonds is 2. The second-order valence-corrected chi connectivity index (χ2v) is 6.23. The lowest BCUT2D eigenvalue weighted by atomic mass is 9.88. The van der Waals surface area contributed by atoms with Gasteiger partial charge in [-0.1, -0.05) is 6.92 Å². The molecule has 3 rings (SSSR count). The summed E-state index contributed by atoms with van der Waals surface area (Å²) in [6.45, 7) is 2.03. The Bertz CT molecular complexity index is 740. The number of nitrogens with one attached hydrogen (secondary N) is 1. The van der Waals surface area contributed by atoms with E-state index in [1.54, 1.807) is 11.3 Å². The summed E-state index contributed by atoms with van der Waals surface area (Å²) < 4.78 is 6.45. The predicted molar refractivity (Wildman–Crippen MR) is 79.3 cm³/mol. The predicted octanol–water partition coefficient (Wildman–Crippen LogP) is 3.01. The molecule has 0 saturated carbocycles. The Kier molecular flexibility index (Phi) is 3.28. The Morgan fingerprint density at radius 1 is 1.65 bits per heavy atom. The van der Waals surface area contributed by atoms with E-state index in [0.29, 0.717) is 11.5 Å². The van der Waals surface area contributed by atoms with Gasteiger partial charge in [-0.2, -0.15) is 5.26 Å². The van der Waals surface area contributed by atoms with Crippen LogP contribution in [0, 0.1) is 11.3 Å². The summed E-state index contributed by atoms with van der Waals surface area (Å²) in [7, 11) is 0. The average molecular weight is 351 g/mol. The number of aryl methyl sites for hydroxylation is 1. The first kappa shape index (κ1) is 13.2. The van der Waals surface area contributed by atoms with Crippen LogP contribution in [0.1, 0.15) is 29.0 Å². The molecule has 0 saturated heterocycles. The number of halogens is 1. The summed E-state index contributed by atoms with van der Waals surface area (Å²) in [4.78, 5) is 1.04. The molecule has 2 aromatic rings. The SMILES string of the molecule is CCc1[nH]nc2c1[C@@H](c1cc(Br)cs1)C(C#N)=C(N)O2. The highest BCUT2D eigenvalue weighted by Gasteiger charge is 2.35. The first-order chi connectivity index (χ1) is 9.65. The second-order valence-electron chi connectivity index (χ2n) is 4.37. The van der Waals surface area contributed by atoms with Gasteiger partial charge in [-0.15, -0.1) is 16.4 Å². The first-order valence-corrected chi connectivity index (χ1v) is 7.71. The lowest BCUT2D eigenvalue weighted by Gasteiger charge is -2.22. The summed E-state index contributed by atoms with van der Waals surface area (Å²) in [5, 5.41) is 18.5. The third-order valence-electron chi connectivity index (χ3n) is 3.24. The number of aromatic nitrogens is 2. The van der Waals surface area contributed by atoms with E-state index in [0.717, 1.165) is 27.0 Å². The summed E-state index contributed by atoms with van der Waals surface area (Å²) in [6.07, 6.45) is 0.785. The van der Waals surface area contributed by atoms with Crippen molar-refractivity contribution in [3.8, 4) is 11.9 Å². The molecule has 0 aliphatic carbocycles. The van der Waals surface area contributed by atoms with Crippen LogP contribution < -0.4 is 10.5 Å². The van der Waals surface area contributed by atoms with Crippen LogP contribution in [0.4, 0.5) is 0 Å². The number of nitriles is 1. The van der Waals surface area contributed by atoms with E-state index in [1.807, 2.05) is 18.4 Å². The minimum Gasteiger partial charge on any atom is -0.420 e. The molecule has 0 spiro atoms. The molecule has 0 bridgehead atoms. The zero-order valence-corrected chi connectivity index (χ0v) is 13.0. The van der Waals surface area contributed by atoms with Crippen molar-refractivity contribution >= 4 is 27.3 Å². The van der Waals surface area contributed by atoms with Gasteiger partial charge < -0.3 is 10.5 Å². The van der Waals surface area contributed by atoms with Crippen LogP contribution in [0.25, 0.3) is 0 Å². The molecule has 3 heterocycles. The number of hydrogen-bond donors (Lipinski definition) is 2. The minimum atomic E-state index is -0.214. The summed E-state index contributed by atoms with van der Waals surface area (Å²) in [6, 6.07) is 4.17. The third kappa shape index (κ3) is 1.92. The van der Waals surface area contributed by atoms with Crippen molar-refractivity contribution in [2.75, 3.05) is 0 Å². The highest BCUT2D eigenvalue weighted by molar-refractivity contribution is 9.10. The zero-order chi connectivity index (χ0) is 14.3. The molecule has 0 unspecified atom stereocenters. The highest BCUT2D eigenvalue weighted by Crippen LogP contribution is 2.45. The lowest BCUT2D eigenvalue weighted by Crippen LogP contribution is -2.20. The quantitative estimate of drug-likeness (QED) is 0.871. The van der Waals surface area contributed by atoms with E-state index >= 15 is 0 Å². The van der Waals surface area contributed by atoms with E-state index in [1.165, 1.54) is 0 Å². The van der Waals surface area contributed by atoms with Crippen molar-refractivity contribution < 1.29 is 4.74 Å². The normalized spacial score (nSPS) is 17.6. The van der Waals surface area contributed by atoms with E-state index < -0.39 is 0 Å². The maximum atomic E-state index is 9.42. The standard InChI is InChI=1S/C13H11BrN4OS/c1-2-8-11-10(9-3-6(14)5-20-9)7(4-15)12(16)19-13(11)18-17-8/h3,5,10H,2,16H2,1H3,(H,17,18)/t10-/m1/s1. The molecule has 0 fully saturated rings. The smallest absolute Gasteiger partial charge is 0.244 e. The van der Waals surface area contributed by atoms with E-state index in [2.05, 4.69) is 32.2 Å². The number of nitrogens with zero attached hydrogens (tertiary/aromatic N) is 2. The van der Waals surface area contributed by atoms with Gasteiger partial charge in [0.2, 0.25) is 11.8 Å².